The summed E-state index contributed by atoms with van der Waals surface area (Å²) in [5.41, 5.74) is 3.30. The molecule has 0 unspecified atom stereocenters. The quantitative estimate of drug-likeness (QED) is 0.236. The van der Waals surface area contributed by atoms with Crippen LogP contribution in [-0.2, 0) is 0 Å². The number of fused-ring (bicyclic) bond motifs is 3. The number of benzene rings is 3. The van der Waals surface area contributed by atoms with Crippen molar-refractivity contribution in [3.63, 3.8) is 0 Å². The Labute approximate surface area is 171 Å². The lowest BCUT2D eigenvalue weighted by molar-refractivity contribution is -0.384. The zero-order chi connectivity index (χ0) is 20.7. The third-order valence-electron chi connectivity index (χ3n) is 5.16. The molecule has 6 heteroatoms. The molecule has 0 fully saturated rings. The molecule has 6 nitrogen and oxygen atoms in total. The first-order chi connectivity index (χ1) is 14.6. The number of hydrogen-bond donors (Lipinski definition) is 0. The number of nitro benzene ring substituents is 1. The molecule has 144 valence electrons. The van der Waals surface area contributed by atoms with Crippen LogP contribution in [0.5, 0.6) is 0 Å². The number of nitro groups is 1. The minimum absolute atomic E-state index is 0.0126. The molecule has 2 aromatic heterocycles. The summed E-state index contributed by atoms with van der Waals surface area (Å²) in [6.07, 6.45) is 1.76. The van der Waals surface area contributed by atoms with Crippen LogP contribution >= 0.6 is 0 Å². The standard InChI is InChI=1S/C24H15N3O3/c28-24(17-6-2-1-3-7-17)21-14-22(16-10-12-19(13-11-16)27(29)30)26-23(21)20-9-5-4-8-18(20)15-25-26/h1-15H. The lowest BCUT2D eigenvalue weighted by Crippen LogP contribution is -2.01. The van der Waals surface area contributed by atoms with Crippen molar-refractivity contribution in [3.8, 4) is 11.3 Å². The monoisotopic (exact) mass is 393 g/mol. The number of aromatic nitrogens is 2. The lowest BCUT2D eigenvalue weighted by atomic mass is 10.0. The fourth-order valence-electron chi connectivity index (χ4n) is 3.70. The van der Waals surface area contributed by atoms with Crippen LogP contribution in [0.2, 0.25) is 0 Å². The molecule has 0 aliphatic carbocycles. The molecule has 30 heavy (non-hydrogen) atoms. The van der Waals surface area contributed by atoms with Gasteiger partial charge in [0.25, 0.3) is 5.69 Å². The first-order valence-corrected chi connectivity index (χ1v) is 9.37. The number of ketones is 1. The molecule has 2 heterocycles. The van der Waals surface area contributed by atoms with Crippen LogP contribution < -0.4 is 0 Å². The van der Waals surface area contributed by atoms with Gasteiger partial charge >= 0.3 is 0 Å². The van der Waals surface area contributed by atoms with Gasteiger partial charge in [0.05, 0.1) is 27.9 Å². The molecule has 5 rings (SSSR count). The maximum atomic E-state index is 13.4. The van der Waals surface area contributed by atoms with E-state index in [-0.39, 0.29) is 11.5 Å². The van der Waals surface area contributed by atoms with Crippen LogP contribution in [0.3, 0.4) is 0 Å². The molecule has 3 aromatic carbocycles. The van der Waals surface area contributed by atoms with E-state index in [0.717, 1.165) is 21.9 Å². The van der Waals surface area contributed by atoms with Crippen molar-refractivity contribution in [2.75, 3.05) is 0 Å². The molecular formula is C24H15N3O3. The molecular weight excluding hydrogens is 378 g/mol. The smallest absolute Gasteiger partial charge is 0.269 e. The van der Waals surface area contributed by atoms with Crippen LogP contribution in [0.1, 0.15) is 15.9 Å². The molecule has 0 bridgehead atoms. The van der Waals surface area contributed by atoms with Gasteiger partial charge in [0.15, 0.2) is 5.78 Å². The van der Waals surface area contributed by atoms with E-state index in [1.807, 2.05) is 48.5 Å². The molecule has 0 aliphatic rings. The van der Waals surface area contributed by atoms with Gasteiger partial charge in [-0.3, -0.25) is 14.9 Å². The topological polar surface area (TPSA) is 77.5 Å². The van der Waals surface area contributed by atoms with Gasteiger partial charge in [-0.05, 0) is 18.2 Å². The Morgan fingerprint density at radius 1 is 0.900 bits per heavy atom. The van der Waals surface area contributed by atoms with Gasteiger partial charge in [-0.25, -0.2) is 4.52 Å². The number of rotatable bonds is 4. The Hall–Kier alpha value is -4.32. The van der Waals surface area contributed by atoms with E-state index in [0.29, 0.717) is 16.8 Å². The van der Waals surface area contributed by atoms with Crippen LogP contribution in [-0.4, -0.2) is 20.3 Å². The minimum atomic E-state index is -0.434. The van der Waals surface area contributed by atoms with E-state index in [1.165, 1.54) is 12.1 Å². The molecule has 0 N–H and O–H groups in total. The minimum Gasteiger partial charge on any atom is -0.289 e. The van der Waals surface area contributed by atoms with E-state index in [2.05, 4.69) is 5.10 Å². The summed E-state index contributed by atoms with van der Waals surface area (Å²) in [5, 5.41) is 17.4. The summed E-state index contributed by atoms with van der Waals surface area (Å²) in [4.78, 5) is 23.9. The molecule has 0 atom stereocenters. The van der Waals surface area contributed by atoms with Gasteiger partial charge in [0.1, 0.15) is 0 Å². The molecule has 0 saturated heterocycles. The molecule has 5 aromatic rings. The first kappa shape index (κ1) is 17.8. The van der Waals surface area contributed by atoms with Gasteiger partial charge in [-0.2, -0.15) is 5.10 Å². The summed E-state index contributed by atoms with van der Waals surface area (Å²) in [6.45, 7) is 0. The predicted octanol–water partition coefficient (Wildman–Crippen LogP) is 5.29. The second-order valence-electron chi connectivity index (χ2n) is 6.93. The molecule has 0 saturated carbocycles. The number of carbonyl (C=O) groups excluding carboxylic acids is 1. The highest BCUT2D eigenvalue weighted by Crippen LogP contribution is 2.32. The second-order valence-corrected chi connectivity index (χ2v) is 6.93. The highest BCUT2D eigenvalue weighted by Gasteiger charge is 2.21. The van der Waals surface area contributed by atoms with Crippen LogP contribution in [0.15, 0.2) is 91.1 Å². The highest BCUT2D eigenvalue weighted by atomic mass is 16.6. The maximum Gasteiger partial charge on any atom is 0.269 e. The SMILES string of the molecule is O=C(c1ccccc1)c1cc(-c2ccc([N+](=O)[O-])cc2)n2ncc3ccccc3c12. The van der Waals surface area contributed by atoms with Crippen molar-refractivity contribution in [2.24, 2.45) is 0 Å². The van der Waals surface area contributed by atoms with E-state index in [4.69, 9.17) is 0 Å². The average molecular weight is 393 g/mol. The Bertz CT molecular complexity index is 1420. The van der Waals surface area contributed by atoms with Crippen molar-refractivity contribution in [1.29, 1.82) is 0 Å². The van der Waals surface area contributed by atoms with Crippen LogP contribution in [0.4, 0.5) is 5.69 Å². The van der Waals surface area contributed by atoms with Gasteiger partial charge in [-0.15, -0.1) is 0 Å². The number of nitrogens with zero attached hydrogens (tertiary/aromatic N) is 3. The molecule has 0 radical (unpaired) electrons. The van der Waals surface area contributed by atoms with Crippen LogP contribution in [0, 0.1) is 10.1 Å². The fourth-order valence-corrected chi connectivity index (χ4v) is 3.70. The summed E-state index contributed by atoms with van der Waals surface area (Å²) in [7, 11) is 0. The van der Waals surface area contributed by atoms with Gasteiger partial charge in [0, 0.05) is 34.0 Å². The Morgan fingerprint density at radius 2 is 1.60 bits per heavy atom. The number of carbonyl (C=O) groups is 1. The lowest BCUT2D eigenvalue weighted by Gasteiger charge is -2.06. The number of hydrogen-bond acceptors (Lipinski definition) is 4. The first-order valence-electron chi connectivity index (χ1n) is 9.37. The highest BCUT2D eigenvalue weighted by molar-refractivity contribution is 6.18. The zero-order valence-corrected chi connectivity index (χ0v) is 15.7. The van der Waals surface area contributed by atoms with Gasteiger partial charge < -0.3 is 0 Å². The summed E-state index contributed by atoms with van der Waals surface area (Å²) in [5.74, 6) is -0.0978. The molecule has 0 spiro atoms. The van der Waals surface area contributed by atoms with Crippen molar-refractivity contribution >= 4 is 27.8 Å². The van der Waals surface area contributed by atoms with Crippen molar-refractivity contribution < 1.29 is 9.72 Å². The van der Waals surface area contributed by atoms with Gasteiger partial charge in [-0.1, -0.05) is 54.6 Å². The average Bonchev–Trinajstić information content (AvgIpc) is 3.19. The second kappa shape index (κ2) is 6.93. The van der Waals surface area contributed by atoms with Crippen molar-refractivity contribution in [1.82, 2.24) is 9.61 Å². The van der Waals surface area contributed by atoms with E-state index in [1.54, 1.807) is 35.0 Å². The normalized spacial score (nSPS) is 11.1. The maximum absolute atomic E-state index is 13.4. The third kappa shape index (κ3) is 2.82. The molecule has 0 aliphatic heterocycles. The van der Waals surface area contributed by atoms with E-state index < -0.39 is 4.92 Å². The van der Waals surface area contributed by atoms with Crippen LogP contribution in [0.25, 0.3) is 27.5 Å². The summed E-state index contributed by atoms with van der Waals surface area (Å²) >= 11 is 0. The summed E-state index contributed by atoms with van der Waals surface area (Å²) < 4.78 is 1.74. The summed E-state index contributed by atoms with van der Waals surface area (Å²) in [6, 6.07) is 25.0. The Morgan fingerprint density at radius 3 is 2.33 bits per heavy atom. The zero-order valence-electron chi connectivity index (χ0n) is 15.7. The largest absolute Gasteiger partial charge is 0.289 e. The third-order valence-corrected chi connectivity index (χ3v) is 5.16. The van der Waals surface area contributed by atoms with E-state index >= 15 is 0 Å². The Balaban J connectivity index is 1.79. The van der Waals surface area contributed by atoms with Crippen molar-refractivity contribution in [3.05, 3.63) is 112 Å². The van der Waals surface area contributed by atoms with Gasteiger partial charge in [0.2, 0.25) is 0 Å². The van der Waals surface area contributed by atoms with Crippen molar-refractivity contribution in [2.45, 2.75) is 0 Å². The Kier molecular flexibility index (Phi) is 4.10. The molecule has 0 amide bonds. The number of non-ortho nitro benzene ring substituents is 1. The fraction of sp³-hybridized carbons (Fsp3) is 0. The van der Waals surface area contributed by atoms with E-state index in [9.17, 15) is 14.9 Å². The predicted molar refractivity (Wildman–Crippen MR) is 115 cm³/mol.